The molecule has 1 fully saturated rings. The van der Waals surface area contributed by atoms with Crippen molar-refractivity contribution in [2.24, 2.45) is 17.8 Å². The second kappa shape index (κ2) is 7.44. The molecule has 2 rings (SSSR count). The molecular formula is C18H33N3. The van der Waals surface area contributed by atoms with Gasteiger partial charge in [-0.3, -0.25) is 4.68 Å². The van der Waals surface area contributed by atoms with E-state index in [-0.39, 0.29) is 0 Å². The predicted octanol–water partition coefficient (Wildman–Crippen LogP) is 4.06. The fraction of sp³-hybridized carbons (Fsp3) is 0.833. The first-order valence-corrected chi connectivity index (χ1v) is 8.77. The van der Waals surface area contributed by atoms with Gasteiger partial charge in [-0.2, -0.15) is 5.10 Å². The molecule has 21 heavy (non-hydrogen) atoms. The van der Waals surface area contributed by atoms with Crippen molar-refractivity contribution in [2.75, 3.05) is 6.54 Å². The van der Waals surface area contributed by atoms with Gasteiger partial charge >= 0.3 is 0 Å². The average Bonchev–Trinajstić information content (AvgIpc) is 2.93. The molecule has 1 aliphatic carbocycles. The van der Waals surface area contributed by atoms with Crippen molar-refractivity contribution in [3.8, 4) is 0 Å². The third-order valence-electron chi connectivity index (χ3n) is 5.17. The lowest BCUT2D eigenvalue weighted by Crippen LogP contribution is -2.35. The Morgan fingerprint density at radius 3 is 2.62 bits per heavy atom. The highest BCUT2D eigenvalue weighted by Crippen LogP contribution is 2.42. The summed E-state index contributed by atoms with van der Waals surface area (Å²) in [6, 6.07) is 0.576. The van der Waals surface area contributed by atoms with Crippen LogP contribution >= 0.6 is 0 Å². The molecule has 0 spiro atoms. The van der Waals surface area contributed by atoms with Gasteiger partial charge in [0.2, 0.25) is 0 Å². The molecule has 0 amide bonds. The fourth-order valence-corrected chi connectivity index (χ4v) is 3.65. The topological polar surface area (TPSA) is 29.9 Å². The summed E-state index contributed by atoms with van der Waals surface area (Å²) >= 11 is 0. The molecule has 0 aromatic carbocycles. The van der Waals surface area contributed by atoms with E-state index in [1.165, 1.54) is 24.8 Å². The molecule has 0 saturated heterocycles. The van der Waals surface area contributed by atoms with E-state index in [1.807, 2.05) is 0 Å². The van der Waals surface area contributed by atoms with Crippen LogP contribution in [0.3, 0.4) is 0 Å². The average molecular weight is 291 g/mol. The molecule has 1 heterocycles. The van der Waals surface area contributed by atoms with Crippen LogP contribution in [0.5, 0.6) is 0 Å². The molecule has 1 saturated carbocycles. The number of nitrogens with one attached hydrogen (secondary N) is 1. The van der Waals surface area contributed by atoms with E-state index in [0.29, 0.717) is 12.0 Å². The van der Waals surface area contributed by atoms with E-state index >= 15 is 0 Å². The van der Waals surface area contributed by atoms with Crippen LogP contribution in [0.15, 0.2) is 12.4 Å². The highest BCUT2D eigenvalue weighted by atomic mass is 15.3. The van der Waals surface area contributed by atoms with Crippen LogP contribution in [0.1, 0.15) is 65.4 Å². The van der Waals surface area contributed by atoms with Gasteiger partial charge in [-0.05, 0) is 62.0 Å². The van der Waals surface area contributed by atoms with Crippen LogP contribution in [-0.2, 0) is 6.54 Å². The van der Waals surface area contributed by atoms with Gasteiger partial charge in [0.05, 0.1) is 6.20 Å². The van der Waals surface area contributed by atoms with Gasteiger partial charge in [-0.1, -0.05) is 27.7 Å². The Morgan fingerprint density at radius 1 is 1.29 bits per heavy atom. The van der Waals surface area contributed by atoms with E-state index in [4.69, 9.17) is 0 Å². The van der Waals surface area contributed by atoms with Gasteiger partial charge in [-0.15, -0.1) is 0 Å². The summed E-state index contributed by atoms with van der Waals surface area (Å²) in [6.07, 6.45) is 8.46. The molecule has 0 radical (unpaired) electrons. The second-order valence-corrected chi connectivity index (χ2v) is 7.38. The quantitative estimate of drug-likeness (QED) is 0.856. The van der Waals surface area contributed by atoms with Crippen LogP contribution < -0.4 is 5.32 Å². The second-order valence-electron chi connectivity index (χ2n) is 7.38. The zero-order chi connectivity index (χ0) is 15.4. The molecule has 120 valence electrons. The largest absolute Gasteiger partial charge is 0.314 e. The summed E-state index contributed by atoms with van der Waals surface area (Å²) in [5.74, 6) is 3.11. The molecular weight excluding hydrogens is 258 g/mol. The molecule has 3 heteroatoms. The van der Waals surface area contributed by atoms with Gasteiger partial charge in [0, 0.05) is 18.8 Å². The van der Waals surface area contributed by atoms with Crippen LogP contribution in [0, 0.1) is 17.8 Å². The minimum absolute atomic E-state index is 0.576. The first kappa shape index (κ1) is 16.5. The lowest BCUT2D eigenvalue weighted by atomic mass is 9.68. The number of aryl methyl sites for hydroxylation is 1. The maximum atomic E-state index is 4.51. The predicted molar refractivity (Wildman–Crippen MR) is 89.4 cm³/mol. The molecule has 1 aliphatic rings. The van der Waals surface area contributed by atoms with E-state index in [2.05, 4.69) is 62.1 Å². The molecule has 0 bridgehead atoms. The Kier molecular flexibility index (Phi) is 5.86. The minimum atomic E-state index is 0.576. The fourth-order valence-electron chi connectivity index (χ4n) is 3.65. The Hall–Kier alpha value is -0.830. The van der Waals surface area contributed by atoms with Crippen LogP contribution in [0.25, 0.3) is 0 Å². The third-order valence-corrected chi connectivity index (χ3v) is 5.17. The molecule has 1 aromatic rings. The van der Waals surface area contributed by atoms with Crippen molar-refractivity contribution in [3.05, 3.63) is 18.0 Å². The minimum Gasteiger partial charge on any atom is -0.314 e. The maximum Gasteiger partial charge on any atom is 0.0524 e. The lowest BCUT2D eigenvalue weighted by molar-refractivity contribution is 0.188. The van der Waals surface area contributed by atoms with Crippen molar-refractivity contribution < 1.29 is 0 Å². The number of hydrogen-bond acceptors (Lipinski definition) is 2. The number of rotatable bonds is 6. The number of aromatic nitrogens is 2. The first-order valence-electron chi connectivity index (χ1n) is 8.77. The SMILES string of the molecule is CCn1cc(C2CC(C(C)C)CCC2CNC(C)C)cn1. The van der Waals surface area contributed by atoms with Gasteiger partial charge in [0.15, 0.2) is 0 Å². The Balaban J connectivity index is 2.11. The van der Waals surface area contributed by atoms with E-state index in [9.17, 15) is 0 Å². The molecule has 3 nitrogen and oxygen atoms in total. The maximum absolute atomic E-state index is 4.51. The molecule has 0 aliphatic heterocycles. The molecule has 1 aromatic heterocycles. The summed E-state index contributed by atoms with van der Waals surface area (Å²) in [4.78, 5) is 0. The van der Waals surface area contributed by atoms with Crippen molar-refractivity contribution in [2.45, 2.75) is 72.4 Å². The van der Waals surface area contributed by atoms with E-state index in [0.717, 1.165) is 30.8 Å². The Morgan fingerprint density at radius 2 is 2.05 bits per heavy atom. The zero-order valence-electron chi connectivity index (χ0n) is 14.5. The monoisotopic (exact) mass is 291 g/mol. The normalized spacial score (nSPS) is 26.7. The molecule has 3 atom stereocenters. The van der Waals surface area contributed by atoms with Crippen molar-refractivity contribution in [1.29, 1.82) is 0 Å². The first-order chi connectivity index (χ1) is 10.0. The van der Waals surface area contributed by atoms with Gasteiger partial charge in [-0.25, -0.2) is 0 Å². The van der Waals surface area contributed by atoms with Crippen molar-refractivity contribution in [3.63, 3.8) is 0 Å². The lowest BCUT2D eigenvalue weighted by Gasteiger charge is -2.38. The Bertz CT molecular complexity index is 422. The van der Waals surface area contributed by atoms with Gasteiger partial charge in [0.1, 0.15) is 0 Å². The van der Waals surface area contributed by atoms with Crippen LogP contribution in [-0.4, -0.2) is 22.4 Å². The summed E-state index contributed by atoms with van der Waals surface area (Å²) in [5.41, 5.74) is 1.46. The number of nitrogens with zero attached hydrogens (tertiary/aromatic N) is 2. The number of hydrogen-bond donors (Lipinski definition) is 1. The Labute approximate surface area is 130 Å². The smallest absolute Gasteiger partial charge is 0.0524 e. The van der Waals surface area contributed by atoms with Crippen molar-refractivity contribution in [1.82, 2.24) is 15.1 Å². The zero-order valence-corrected chi connectivity index (χ0v) is 14.5. The van der Waals surface area contributed by atoms with Crippen LogP contribution in [0.2, 0.25) is 0 Å². The summed E-state index contributed by atoms with van der Waals surface area (Å²) in [6.45, 7) is 13.5. The highest BCUT2D eigenvalue weighted by molar-refractivity contribution is 5.14. The van der Waals surface area contributed by atoms with Gasteiger partial charge in [0.25, 0.3) is 0 Å². The van der Waals surface area contributed by atoms with E-state index in [1.54, 1.807) is 0 Å². The van der Waals surface area contributed by atoms with E-state index < -0.39 is 0 Å². The summed E-state index contributed by atoms with van der Waals surface area (Å²) in [5, 5.41) is 8.16. The molecule has 3 unspecified atom stereocenters. The standard InChI is InChI=1S/C18H33N3/c1-6-21-12-17(11-20-21)18-9-15(13(2)3)7-8-16(18)10-19-14(4)5/h11-16,18-19H,6-10H2,1-5H3. The van der Waals surface area contributed by atoms with Gasteiger partial charge < -0.3 is 5.32 Å². The third kappa shape index (κ3) is 4.32. The highest BCUT2D eigenvalue weighted by Gasteiger charge is 2.33. The van der Waals surface area contributed by atoms with Crippen LogP contribution in [0.4, 0.5) is 0 Å². The molecule has 1 N–H and O–H groups in total. The summed E-state index contributed by atoms with van der Waals surface area (Å²) in [7, 11) is 0. The van der Waals surface area contributed by atoms with Crippen molar-refractivity contribution >= 4 is 0 Å². The summed E-state index contributed by atoms with van der Waals surface area (Å²) < 4.78 is 2.07.